The summed E-state index contributed by atoms with van der Waals surface area (Å²) in [5.41, 5.74) is 1.88. The van der Waals surface area contributed by atoms with Crippen LogP contribution in [0, 0.1) is 5.82 Å². The van der Waals surface area contributed by atoms with Gasteiger partial charge in [0.05, 0.1) is 0 Å². The first-order chi connectivity index (χ1) is 9.22. The summed E-state index contributed by atoms with van der Waals surface area (Å²) in [6, 6.07) is 5.42. The van der Waals surface area contributed by atoms with Gasteiger partial charge in [0.25, 0.3) is 0 Å². The van der Waals surface area contributed by atoms with E-state index in [0.29, 0.717) is 13.0 Å². The molecule has 0 saturated heterocycles. The van der Waals surface area contributed by atoms with Crippen LogP contribution in [0.25, 0.3) is 0 Å². The molecule has 0 fully saturated rings. The molecule has 19 heavy (non-hydrogen) atoms. The first-order valence-electron chi connectivity index (χ1n) is 6.99. The normalized spacial score (nSPS) is 17.3. The summed E-state index contributed by atoms with van der Waals surface area (Å²) in [4.78, 5) is 11.5. The Morgan fingerprint density at radius 1 is 1.42 bits per heavy atom. The van der Waals surface area contributed by atoms with E-state index in [-0.39, 0.29) is 17.8 Å². The van der Waals surface area contributed by atoms with E-state index >= 15 is 0 Å². The molecule has 1 amide bonds. The van der Waals surface area contributed by atoms with Crippen molar-refractivity contribution in [1.82, 2.24) is 10.6 Å². The molecule has 2 N–H and O–H groups in total. The number of hydrogen-bond acceptors (Lipinski definition) is 2. The minimum atomic E-state index is -0.109. The van der Waals surface area contributed by atoms with Gasteiger partial charge in [0.15, 0.2) is 0 Å². The van der Waals surface area contributed by atoms with Gasteiger partial charge in [0.2, 0.25) is 5.91 Å². The smallest absolute Gasteiger partial charge is 0.221 e. The summed E-state index contributed by atoms with van der Waals surface area (Å²) in [6.45, 7) is 3.40. The SMILES string of the molecule is CCCNC(=O)CCNC1CCc2c(F)cccc21. The number of fused-ring (bicyclic) bond motifs is 1. The number of nitrogens with one attached hydrogen (secondary N) is 2. The van der Waals surface area contributed by atoms with Gasteiger partial charge in [-0.2, -0.15) is 0 Å². The van der Waals surface area contributed by atoms with Crippen LogP contribution in [0.5, 0.6) is 0 Å². The first kappa shape index (κ1) is 14.0. The maximum absolute atomic E-state index is 13.6. The van der Waals surface area contributed by atoms with E-state index in [9.17, 15) is 9.18 Å². The fraction of sp³-hybridized carbons (Fsp3) is 0.533. The molecule has 1 unspecified atom stereocenters. The van der Waals surface area contributed by atoms with E-state index in [0.717, 1.165) is 36.9 Å². The topological polar surface area (TPSA) is 41.1 Å². The molecule has 0 saturated carbocycles. The van der Waals surface area contributed by atoms with E-state index < -0.39 is 0 Å². The second-order valence-electron chi connectivity index (χ2n) is 4.95. The van der Waals surface area contributed by atoms with Crippen LogP contribution in [0.15, 0.2) is 18.2 Å². The fourth-order valence-electron chi connectivity index (χ4n) is 2.53. The third-order valence-electron chi connectivity index (χ3n) is 3.53. The Kier molecular flexibility index (Phi) is 4.91. The molecule has 0 radical (unpaired) electrons. The highest BCUT2D eigenvalue weighted by Gasteiger charge is 2.24. The van der Waals surface area contributed by atoms with Crippen molar-refractivity contribution in [3.05, 3.63) is 35.1 Å². The van der Waals surface area contributed by atoms with Crippen LogP contribution in [-0.4, -0.2) is 19.0 Å². The molecule has 2 rings (SSSR count). The third-order valence-corrected chi connectivity index (χ3v) is 3.53. The van der Waals surface area contributed by atoms with Crippen molar-refractivity contribution < 1.29 is 9.18 Å². The number of halogens is 1. The van der Waals surface area contributed by atoms with Crippen molar-refractivity contribution in [2.45, 2.75) is 38.6 Å². The molecule has 3 nitrogen and oxygen atoms in total. The molecule has 1 aromatic rings. The van der Waals surface area contributed by atoms with Gasteiger partial charge >= 0.3 is 0 Å². The summed E-state index contributed by atoms with van der Waals surface area (Å²) in [6.07, 6.45) is 3.12. The number of carbonyl (C=O) groups excluding carboxylic acids is 1. The number of amides is 1. The lowest BCUT2D eigenvalue weighted by molar-refractivity contribution is -0.121. The van der Waals surface area contributed by atoms with E-state index in [1.807, 2.05) is 13.0 Å². The van der Waals surface area contributed by atoms with Crippen molar-refractivity contribution in [3.8, 4) is 0 Å². The number of rotatable bonds is 6. The highest BCUT2D eigenvalue weighted by Crippen LogP contribution is 2.32. The summed E-state index contributed by atoms with van der Waals surface area (Å²) in [5.74, 6) is -0.0331. The fourth-order valence-corrected chi connectivity index (χ4v) is 2.53. The number of benzene rings is 1. The van der Waals surface area contributed by atoms with Crippen LogP contribution in [-0.2, 0) is 11.2 Å². The van der Waals surface area contributed by atoms with Crippen molar-refractivity contribution in [2.24, 2.45) is 0 Å². The van der Waals surface area contributed by atoms with Crippen molar-refractivity contribution >= 4 is 5.91 Å². The van der Waals surface area contributed by atoms with E-state index in [2.05, 4.69) is 10.6 Å². The predicted molar refractivity (Wildman–Crippen MR) is 73.4 cm³/mol. The van der Waals surface area contributed by atoms with Gasteiger partial charge < -0.3 is 10.6 Å². The third kappa shape index (κ3) is 3.53. The number of hydrogen-bond donors (Lipinski definition) is 2. The van der Waals surface area contributed by atoms with Crippen LogP contribution in [0.3, 0.4) is 0 Å². The predicted octanol–water partition coefficient (Wildman–Crippen LogP) is 2.32. The number of carbonyl (C=O) groups is 1. The minimum Gasteiger partial charge on any atom is -0.356 e. The Bertz CT molecular complexity index is 448. The molecule has 0 aromatic heterocycles. The van der Waals surface area contributed by atoms with Crippen LogP contribution in [0.4, 0.5) is 4.39 Å². The first-order valence-corrected chi connectivity index (χ1v) is 6.99. The van der Waals surface area contributed by atoms with Gasteiger partial charge in [0.1, 0.15) is 5.82 Å². The minimum absolute atomic E-state index is 0.0758. The summed E-state index contributed by atoms with van der Waals surface area (Å²) >= 11 is 0. The van der Waals surface area contributed by atoms with Gasteiger partial charge in [-0.25, -0.2) is 4.39 Å². The Morgan fingerprint density at radius 3 is 3.05 bits per heavy atom. The van der Waals surface area contributed by atoms with Gasteiger partial charge in [0, 0.05) is 25.6 Å². The largest absolute Gasteiger partial charge is 0.356 e. The highest BCUT2D eigenvalue weighted by molar-refractivity contribution is 5.76. The van der Waals surface area contributed by atoms with Crippen LogP contribution >= 0.6 is 0 Å². The molecule has 0 bridgehead atoms. The van der Waals surface area contributed by atoms with Crippen LogP contribution in [0.1, 0.15) is 43.4 Å². The maximum Gasteiger partial charge on any atom is 0.221 e. The molecule has 0 heterocycles. The Hall–Kier alpha value is -1.42. The molecule has 4 heteroatoms. The average molecular weight is 264 g/mol. The van der Waals surface area contributed by atoms with Crippen molar-refractivity contribution in [3.63, 3.8) is 0 Å². The average Bonchev–Trinajstić information content (AvgIpc) is 2.81. The second-order valence-corrected chi connectivity index (χ2v) is 4.95. The monoisotopic (exact) mass is 264 g/mol. The zero-order chi connectivity index (χ0) is 13.7. The lowest BCUT2D eigenvalue weighted by atomic mass is 10.1. The molecular formula is C15H21FN2O. The van der Waals surface area contributed by atoms with Crippen molar-refractivity contribution in [2.75, 3.05) is 13.1 Å². The van der Waals surface area contributed by atoms with Gasteiger partial charge in [-0.15, -0.1) is 0 Å². The molecular weight excluding hydrogens is 243 g/mol. The standard InChI is InChI=1S/C15H21FN2O/c1-2-9-18-15(19)8-10-17-14-7-6-11-12(14)4-3-5-13(11)16/h3-5,14,17H,2,6-10H2,1H3,(H,18,19). The van der Waals surface area contributed by atoms with Gasteiger partial charge in [-0.1, -0.05) is 19.1 Å². The van der Waals surface area contributed by atoms with E-state index in [4.69, 9.17) is 0 Å². The van der Waals surface area contributed by atoms with E-state index in [1.54, 1.807) is 6.07 Å². The van der Waals surface area contributed by atoms with Gasteiger partial charge in [-0.05, 0) is 36.5 Å². The van der Waals surface area contributed by atoms with E-state index in [1.165, 1.54) is 6.07 Å². The molecule has 0 aliphatic heterocycles. The van der Waals surface area contributed by atoms with Crippen molar-refractivity contribution in [1.29, 1.82) is 0 Å². The summed E-state index contributed by atoms with van der Waals surface area (Å²) in [5, 5.41) is 6.19. The Morgan fingerprint density at radius 2 is 2.26 bits per heavy atom. The lowest BCUT2D eigenvalue weighted by Crippen LogP contribution is -2.29. The Balaban J connectivity index is 1.80. The molecule has 0 spiro atoms. The molecule has 1 aliphatic rings. The maximum atomic E-state index is 13.6. The Labute approximate surface area is 113 Å². The highest BCUT2D eigenvalue weighted by atomic mass is 19.1. The lowest BCUT2D eigenvalue weighted by Gasteiger charge is -2.14. The second kappa shape index (κ2) is 6.66. The molecule has 1 aliphatic carbocycles. The zero-order valence-electron chi connectivity index (χ0n) is 11.3. The molecule has 1 aromatic carbocycles. The zero-order valence-corrected chi connectivity index (χ0v) is 11.3. The van der Waals surface area contributed by atoms with Crippen LogP contribution in [0.2, 0.25) is 0 Å². The molecule has 104 valence electrons. The van der Waals surface area contributed by atoms with Gasteiger partial charge in [-0.3, -0.25) is 4.79 Å². The quantitative estimate of drug-likeness (QED) is 0.828. The molecule has 1 atom stereocenters. The van der Waals surface area contributed by atoms with Crippen LogP contribution < -0.4 is 10.6 Å². The summed E-state index contributed by atoms with van der Waals surface area (Å²) < 4.78 is 13.6. The summed E-state index contributed by atoms with van der Waals surface area (Å²) in [7, 11) is 0.